The molecule has 2 amide bonds. The van der Waals surface area contributed by atoms with E-state index in [4.69, 9.17) is 10.5 Å². The molecule has 1 aromatic carbocycles. The molecule has 0 saturated carbocycles. The van der Waals surface area contributed by atoms with Crippen molar-refractivity contribution in [1.29, 1.82) is 0 Å². The lowest BCUT2D eigenvalue weighted by molar-refractivity contribution is -0.137. The summed E-state index contributed by atoms with van der Waals surface area (Å²) in [5.41, 5.74) is 7.81. The molecule has 2 aliphatic heterocycles. The van der Waals surface area contributed by atoms with Gasteiger partial charge in [-0.2, -0.15) is 0 Å². The first-order valence-electron chi connectivity index (χ1n) is 11.6. The number of likely N-dealkylation sites (N-methyl/N-ethyl adjacent to an activating group) is 1. The number of benzene rings is 1. The highest BCUT2D eigenvalue weighted by Crippen LogP contribution is 2.27. The topological polar surface area (TPSA) is 113 Å². The van der Waals surface area contributed by atoms with Crippen molar-refractivity contribution in [3.05, 3.63) is 59.5 Å². The molecule has 2 fully saturated rings. The molecule has 0 aliphatic carbocycles. The van der Waals surface area contributed by atoms with Gasteiger partial charge in [0, 0.05) is 57.0 Å². The predicted octanol–water partition coefficient (Wildman–Crippen LogP) is 0.877. The number of pyridine rings is 1. The summed E-state index contributed by atoms with van der Waals surface area (Å²) in [4.78, 5) is 32.7. The number of rotatable bonds is 4. The van der Waals surface area contributed by atoms with Gasteiger partial charge in [-0.1, -0.05) is 24.0 Å². The van der Waals surface area contributed by atoms with Gasteiger partial charge in [-0.3, -0.25) is 18.9 Å². The second kappa shape index (κ2) is 9.15. The number of likely N-dealkylation sites (tertiary alicyclic amines) is 1. The SMILES string of the molecule is CN1CCC(O)(C#Cc2cccc(-c3nc(C(N)=O)n4ccc(CN5CCOCC5)cc34)c2)C1=O. The maximum atomic E-state index is 12.2. The van der Waals surface area contributed by atoms with Crippen molar-refractivity contribution in [1.82, 2.24) is 19.2 Å². The lowest BCUT2D eigenvalue weighted by Gasteiger charge is -2.26. The van der Waals surface area contributed by atoms with Gasteiger partial charge in [-0.05, 0) is 29.8 Å². The van der Waals surface area contributed by atoms with Crippen LogP contribution in [0.4, 0.5) is 0 Å². The van der Waals surface area contributed by atoms with E-state index in [2.05, 4.69) is 21.7 Å². The number of imidazole rings is 1. The van der Waals surface area contributed by atoms with Crippen LogP contribution in [0.15, 0.2) is 42.6 Å². The van der Waals surface area contributed by atoms with Crippen molar-refractivity contribution in [2.45, 2.75) is 18.6 Å². The average Bonchev–Trinajstić information content (AvgIpc) is 3.37. The number of amides is 2. The number of nitrogens with zero attached hydrogens (tertiary/aromatic N) is 4. The van der Waals surface area contributed by atoms with Crippen LogP contribution in [0.3, 0.4) is 0 Å². The highest BCUT2D eigenvalue weighted by molar-refractivity contribution is 5.93. The number of nitrogens with two attached hydrogens (primary N) is 1. The minimum atomic E-state index is -1.67. The maximum Gasteiger partial charge on any atom is 0.285 e. The van der Waals surface area contributed by atoms with Crippen LogP contribution in [-0.2, 0) is 16.1 Å². The third-order valence-corrected chi connectivity index (χ3v) is 6.50. The molecular weight excluding hydrogens is 446 g/mol. The van der Waals surface area contributed by atoms with Crippen molar-refractivity contribution in [3.63, 3.8) is 0 Å². The van der Waals surface area contributed by atoms with Crippen LogP contribution in [0.2, 0.25) is 0 Å². The van der Waals surface area contributed by atoms with E-state index in [1.54, 1.807) is 17.5 Å². The molecule has 2 aliphatic rings. The molecule has 35 heavy (non-hydrogen) atoms. The molecule has 0 bridgehead atoms. The van der Waals surface area contributed by atoms with Crippen molar-refractivity contribution in [3.8, 4) is 23.1 Å². The number of aliphatic hydroxyl groups is 1. The van der Waals surface area contributed by atoms with Crippen molar-refractivity contribution < 1.29 is 19.4 Å². The number of morpholine rings is 1. The molecular formula is C26H27N5O4. The largest absolute Gasteiger partial charge is 0.379 e. The van der Waals surface area contributed by atoms with Crippen LogP contribution in [0.1, 0.15) is 28.2 Å². The van der Waals surface area contributed by atoms with Crippen LogP contribution >= 0.6 is 0 Å². The highest BCUT2D eigenvalue weighted by atomic mass is 16.5. The van der Waals surface area contributed by atoms with Crippen molar-refractivity contribution >= 4 is 17.3 Å². The Kier molecular flexibility index (Phi) is 6.03. The first-order chi connectivity index (χ1) is 16.8. The van der Waals surface area contributed by atoms with Gasteiger partial charge in [0.25, 0.3) is 11.8 Å². The quantitative estimate of drug-likeness (QED) is 0.544. The zero-order valence-electron chi connectivity index (χ0n) is 19.5. The summed E-state index contributed by atoms with van der Waals surface area (Å²) >= 11 is 0. The van der Waals surface area contributed by atoms with Crippen LogP contribution < -0.4 is 5.73 Å². The lowest BCUT2D eigenvalue weighted by Crippen LogP contribution is -2.37. The molecule has 5 rings (SSSR count). The van der Waals surface area contributed by atoms with Crippen LogP contribution in [0.25, 0.3) is 16.8 Å². The van der Waals surface area contributed by atoms with Crippen LogP contribution in [-0.4, -0.2) is 81.6 Å². The summed E-state index contributed by atoms with van der Waals surface area (Å²) in [6.07, 6.45) is 2.09. The second-order valence-electron chi connectivity index (χ2n) is 8.99. The molecule has 3 aromatic rings. The Morgan fingerprint density at radius 3 is 2.74 bits per heavy atom. The summed E-state index contributed by atoms with van der Waals surface area (Å²) in [5.74, 6) is 4.83. The summed E-state index contributed by atoms with van der Waals surface area (Å²) < 4.78 is 7.14. The van der Waals surface area contributed by atoms with E-state index in [9.17, 15) is 14.7 Å². The van der Waals surface area contributed by atoms with Gasteiger partial charge in [0.1, 0.15) is 0 Å². The Bertz CT molecular complexity index is 1370. The fourth-order valence-corrected chi connectivity index (χ4v) is 4.52. The molecule has 1 unspecified atom stereocenters. The summed E-state index contributed by atoms with van der Waals surface area (Å²) in [5, 5.41) is 10.6. The molecule has 9 heteroatoms. The minimum Gasteiger partial charge on any atom is -0.379 e. The van der Waals surface area contributed by atoms with Gasteiger partial charge in [-0.15, -0.1) is 0 Å². The smallest absolute Gasteiger partial charge is 0.285 e. The number of carbonyl (C=O) groups is 2. The zero-order valence-corrected chi connectivity index (χ0v) is 19.5. The number of carbonyl (C=O) groups excluding carboxylic acids is 2. The summed E-state index contributed by atoms with van der Waals surface area (Å²) in [6.45, 7) is 4.41. The van der Waals surface area contributed by atoms with Crippen molar-refractivity contribution in [2.24, 2.45) is 5.73 Å². The average molecular weight is 474 g/mol. The molecule has 3 N–H and O–H groups in total. The van der Waals surface area contributed by atoms with Gasteiger partial charge in [0.05, 0.1) is 24.4 Å². The van der Waals surface area contributed by atoms with Gasteiger partial charge in [0.15, 0.2) is 0 Å². The van der Waals surface area contributed by atoms with Gasteiger partial charge in [0.2, 0.25) is 11.4 Å². The van der Waals surface area contributed by atoms with E-state index >= 15 is 0 Å². The molecule has 4 heterocycles. The first kappa shape index (κ1) is 23.1. The van der Waals surface area contributed by atoms with Gasteiger partial charge in [-0.25, -0.2) is 4.98 Å². The van der Waals surface area contributed by atoms with Crippen molar-refractivity contribution in [2.75, 3.05) is 39.9 Å². The fourth-order valence-electron chi connectivity index (χ4n) is 4.52. The standard InChI is InChI=1S/C26H27N5O4/c1-29-10-8-26(34,25(29)33)7-5-18-3-2-4-20(15-18)22-21-16-19(17-30-11-13-35-14-12-30)6-9-31(21)24(28-22)23(27)32/h2-4,6,9,15-16,34H,8,10-14,17H2,1H3,(H2,27,32). The number of hydrogen-bond acceptors (Lipinski definition) is 6. The molecule has 0 spiro atoms. The van der Waals surface area contributed by atoms with E-state index in [1.807, 2.05) is 36.5 Å². The maximum absolute atomic E-state index is 12.2. The minimum absolute atomic E-state index is 0.151. The monoisotopic (exact) mass is 473 g/mol. The number of fused-ring (bicyclic) bond motifs is 1. The molecule has 9 nitrogen and oxygen atoms in total. The first-order valence-corrected chi connectivity index (χ1v) is 11.6. The third kappa shape index (κ3) is 4.51. The van der Waals surface area contributed by atoms with Gasteiger partial charge < -0.3 is 20.5 Å². The number of primary amides is 1. The molecule has 180 valence electrons. The Morgan fingerprint density at radius 1 is 1.23 bits per heavy atom. The Balaban J connectivity index is 1.51. The van der Waals surface area contributed by atoms with E-state index in [0.29, 0.717) is 17.8 Å². The van der Waals surface area contributed by atoms with Crippen LogP contribution in [0, 0.1) is 11.8 Å². The molecule has 0 radical (unpaired) electrons. The van der Waals surface area contributed by atoms with E-state index in [-0.39, 0.29) is 18.2 Å². The normalized spacial score (nSPS) is 20.7. The lowest BCUT2D eigenvalue weighted by atomic mass is 10.0. The second-order valence-corrected chi connectivity index (χ2v) is 8.99. The third-order valence-electron chi connectivity index (χ3n) is 6.50. The van der Waals surface area contributed by atoms with Crippen LogP contribution in [0.5, 0.6) is 0 Å². The Morgan fingerprint density at radius 2 is 2.03 bits per heavy atom. The number of ether oxygens (including phenoxy) is 1. The molecule has 1 atom stereocenters. The van der Waals surface area contributed by atoms with E-state index < -0.39 is 11.5 Å². The summed E-state index contributed by atoms with van der Waals surface area (Å²) in [7, 11) is 1.65. The Labute approximate surface area is 203 Å². The van der Waals surface area contributed by atoms with E-state index in [1.165, 1.54) is 4.90 Å². The highest BCUT2D eigenvalue weighted by Gasteiger charge is 2.42. The predicted molar refractivity (Wildman–Crippen MR) is 129 cm³/mol. The zero-order chi connectivity index (χ0) is 24.6. The van der Waals surface area contributed by atoms with Gasteiger partial charge >= 0.3 is 0 Å². The number of aromatic nitrogens is 2. The molecule has 2 saturated heterocycles. The fraction of sp³-hybridized carbons (Fsp3) is 0.346. The summed E-state index contributed by atoms with van der Waals surface area (Å²) in [6, 6.07) is 11.4. The molecule has 2 aromatic heterocycles. The number of hydrogen-bond donors (Lipinski definition) is 2. The Hall–Kier alpha value is -3.71. The van der Waals surface area contributed by atoms with E-state index in [0.717, 1.165) is 49.5 Å².